The van der Waals surface area contributed by atoms with Crippen molar-refractivity contribution in [2.75, 3.05) is 26.3 Å². The molecule has 2 heterocycles. The van der Waals surface area contributed by atoms with E-state index in [4.69, 9.17) is 4.74 Å². The van der Waals surface area contributed by atoms with E-state index < -0.39 is 17.3 Å². The van der Waals surface area contributed by atoms with Crippen LogP contribution in [0.1, 0.15) is 29.8 Å². The van der Waals surface area contributed by atoms with Gasteiger partial charge in [0, 0.05) is 30.6 Å². The van der Waals surface area contributed by atoms with Gasteiger partial charge in [0.25, 0.3) is 5.91 Å². The predicted molar refractivity (Wildman–Crippen MR) is 124 cm³/mol. The number of aromatic nitrogens is 1. The number of fused-ring (bicyclic) bond motifs is 1. The standard InChI is InChI=1S/C26H28FN3O3/c1-26(2,29-24(31)21-7-3-4-8-22(21)27)25(32)30-12-13-33-17-19(16-30)14-18-9-10-23-20(15-18)6-5-11-28-23/h3-11,15,19H,12-14,16-17H2,1-2H3,(H,29,31). The van der Waals surface area contributed by atoms with E-state index in [9.17, 15) is 14.0 Å². The quantitative estimate of drug-likeness (QED) is 0.646. The van der Waals surface area contributed by atoms with Crippen LogP contribution in [0.2, 0.25) is 0 Å². The van der Waals surface area contributed by atoms with E-state index in [2.05, 4.69) is 22.4 Å². The molecular weight excluding hydrogens is 421 g/mol. The average molecular weight is 450 g/mol. The van der Waals surface area contributed by atoms with E-state index in [1.165, 1.54) is 18.2 Å². The van der Waals surface area contributed by atoms with Crippen LogP contribution in [0.25, 0.3) is 10.9 Å². The summed E-state index contributed by atoms with van der Waals surface area (Å²) in [6.45, 7) is 5.23. The predicted octanol–water partition coefficient (Wildman–Crippen LogP) is 3.60. The molecule has 1 unspecified atom stereocenters. The van der Waals surface area contributed by atoms with E-state index in [-0.39, 0.29) is 17.4 Å². The van der Waals surface area contributed by atoms with Gasteiger partial charge in [-0.25, -0.2) is 4.39 Å². The van der Waals surface area contributed by atoms with Crippen LogP contribution in [0, 0.1) is 11.7 Å². The lowest BCUT2D eigenvalue weighted by Crippen LogP contribution is -2.57. The summed E-state index contributed by atoms with van der Waals surface area (Å²) >= 11 is 0. The van der Waals surface area contributed by atoms with Gasteiger partial charge in [-0.15, -0.1) is 0 Å². The number of carbonyl (C=O) groups excluding carboxylic acids is 2. The Hall–Kier alpha value is -3.32. The highest BCUT2D eigenvalue weighted by molar-refractivity contribution is 5.99. The molecule has 0 spiro atoms. The first kappa shape index (κ1) is 22.9. The van der Waals surface area contributed by atoms with Gasteiger partial charge in [-0.2, -0.15) is 0 Å². The fourth-order valence-electron chi connectivity index (χ4n) is 4.22. The molecule has 0 bridgehead atoms. The van der Waals surface area contributed by atoms with Crippen molar-refractivity contribution in [2.24, 2.45) is 5.92 Å². The highest BCUT2D eigenvalue weighted by Gasteiger charge is 2.36. The molecule has 0 radical (unpaired) electrons. The van der Waals surface area contributed by atoms with E-state index in [0.717, 1.165) is 22.9 Å². The summed E-state index contributed by atoms with van der Waals surface area (Å²) in [6.07, 6.45) is 2.54. The Morgan fingerprint density at radius 1 is 1.18 bits per heavy atom. The van der Waals surface area contributed by atoms with Crippen LogP contribution < -0.4 is 5.32 Å². The van der Waals surface area contributed by atoms with Gasteiger partial charge in [-0.05, 0) is 56.2 Å². The maximum absolute atomic E-state index is 14.0. The van der Waals surface area contributed by atoms with E-state index in [0.29, 0.717) is 26.3 Å². The molecule has 7 heteroatoms. The molecule has 1 saturated heterocycles. The van der Waals surface area contributed by atoms with Gasteiger partial charge in [0.15, 0.2) is 0 Å². The normalized spacial score (nSPS) is 16.9. The van der Waals surface area contributed by atoms with Crippen molar-refractivity contribution < 1.29 is 18.7 Å². The zero-order chi connectivity index (χ0) is 23.4. The summed E-state index contributed by atoms with van der Waals surface area (Å²) in [7, 11) is 0. The zero-order valence-corrected chi connectivity index (χ0v) is 18.9. The van der Waals surface area contributed by atoms with Crippen molar-refractivity contribution in [1.82, 2.24) is 15.2 Å². The molecule has 1 fully saturated rings. The van der Waals surface area contributed by atoms with Crippen LogP contribution >= 0.6 is 0 Å². The van der Waals surface area contributed by atoms with Crippen molar-refractivity contribution in [2.45, 2.75) is 25.8 Å². The number of benzene rings is 2. The zero-order valence-electron chi connectivity index (χ0n) is 18.9. The van der Waals surface area contributed by atoms with Gasteiger partial charge in [0.05, 0.1) is 24.3 Å². The molecule has 1 atom stereocenters. The van der Waals surface area contributed by atoms with Crippen LogP contribution in [0.4, 0.5) is 4.39 Å². The van der Waals surface area contributed by atoms with Crippen LogP contribution in [0.5, 0.6) is 0 Å². The molecule has 1 aliphatic rings. The third kappa shape index (κ3) is 5.37. The Labute approximate surface area is 192 Å². The van der Waals surface area contributed by atoms with Crippen LogP contribution in [-0.2, 0) is 16.0 Å². The number of carbonyl (C=O) groups is 2. The number of hydrogen-bond acceptors (Lipinski definition) is 4. The lowest BCUT2D eigenvalue weighted by atomic mass is 9.96. The number of amides is 2. The first-order valence-corrected chi connectivity index (χ1v) is 11.1. The molecule has 6 nitrogen and oxygen atoms in total. The van der Waals surface area contributed by atoms with Crippen LogP contribution in [0.3, 0.4) is 0 Å². The Morgan fingerprint density at radius 3 is 2.82 bits per heavy atom. The number of pyridine rings is 1. The molecule has 2 aromatic carbocycles. The summed E-state index contributed by atoms with van der Waals surface area (Å²) in [5.74, 6) is -1.33. The summed E-state index contributed by atoms with van der Waals surface area (Å²) in [5.41, 5.74) is 0.831. The van der Waals surface area contributed by atoms with Crippen molar-refractivity contribution in [3.63, 3.8) is 0 Å². The maximum atomic E-state index is 14.0. The first-order chi connectivity index (χ1) is 15.8. The summed E-state index contributed by atoms with van der Waals surface area (Å²) in [4.78, 5) is 32.0. The number of ether oxygens (including phenoxy) is 1. The summed E-state index contributed by atoms with van der Waals surface area (Å²) in [5, 5.41) is 3.78. The van der Waals surface area contributed by atoms with E-state index in [1.54, 1.807) is 31.0 Å². The minimum Gasteiger partial charge on any atom is -0.379 e. The molecule has 1 N–H and O–H groups in total. The minimum absolute atomic E-state index is 0.0822. The number of nitrogens with one attached hydrogen (secondary N) is 1. The molecule has 1 aromatic heterocycles. The number of nitrogens with zero attached hydrogens (tertiary/aromatic N) is 2. The molecule has 3 aromatic rings. The monoisotopic (exact) mass is 449 g/mol. The summed E-state index contributed by atoms with van der Waals surface area (Å²) < 4.78 is 19.8. The van der Waals surface area contributed by atoms with Crippen LogP contribution in [0.15, 0.2) is 60.8 Å². The average Bonchev–Trinajstić information content (AvgIpc) is 3.04. The molecule has 0 aliphatic carbocycles. The highest BCUT2D eigenvalue weighted by Crippen LogP contribution is 2.20. The Kier molecular flexibility index (Phi) is 6.70. The smallest absolute Gasteiger partial charge is 0.255 e. The largest absolute Gasteiger partial charge is 0.379 e. The van der Waals surface area contributed by atoms with Gasteiger partial charge in [-0.3, -0.25) is 14.6 Å². The number of rotatable bonds is 5. The van der Waals surface area contributed by atoms with Crippen LogP contribution in [-0.4, -0.2) is 53.5 Å². The number of halogens is 1. The Morgan fingerprint density at radius 2 is 2.00 bits per heavy atom. The second-order valence-electron chi connectivity index (χ2n) is 8.99. The Bertz CT molecular complexity index is 1160. The topological polar surface area (TPSA) is 71.5 Å². The third-order valence-electron chi connectivity index (χ3n) is 5.90. The fraction of sp³-hybridized carbons (Fsp3) is 0.346. The summed E-state index contributed by atoms with van der Waals surface area (Å²) in [6, 6.07) is 15.9. The molecule has 0 saturated carbocycles. The first-order valence-electron chi connectivity index (χ1n) is 11.1. The SMILES string of the molecule is CC(C)(NC(=O)c1ccccc1F)C(=O)N1CCOCC(Cc2ccc3ncccc3c2)C1. The van der Waals surface area contributed by atoms with Gasteiger partial charge < -0.3 is 15.0 Å². The molecule has 4 rings (SSSR count). The van der Waals surface area contributed by atoms with E-state index in [1.807, 2.05) is 18.2 Å². The molecule has 2 amide bonds. The molecule has 172 valence electrons. The molecule has 33 heavy (non-hydrogen) atoms. The highest BCUT2D eigenvalue weighted by atomic mass is 19.1. The molecular formula is C26H28FN3O3. The lowest BCUT2D eigenvalue weighted by molar-refractivity contribution is -0.137. The van der Waals surface area contributed by atoms with Gasteiger partial charge in [0.1, 0.15) is 11.4 Å². The van der Waals surface area contributed by atoms with Crippen molar-refractivity contribution in [3.8, 4) is 0 Å². The fourth-order valence-corrected chi connectivity index (χ4v) is 4.22. The second kappa shape index (κ2) is 9.67. The van der Waals surface area contributed by atoms with Crippen molar-refractivity contribution in [1.29, 1.82) is 0 Å². The van der Waals surface area contributed by atoms with E-state index >= 15 is 0 Å². The van der Waals surface area contributed by atoms with Gasteiger partial charge in [0.2, 0.25) is 5.91 Å². The van der Waals surface area contributed by atoms with Gasteiger partial charge >= 0.3 is 0 Å². The van der Waals surface area contributed by atoms with Crippen molar-refractivity contribution >= 4 is 22.7 Å². The lowest BCUT2D eigenvalue weighted by Gasteiger charge is -2.33. The van der Waals surface area contributed by atoms with Gasteiger partial charge in [-0.1, -0.05) is 24.3 Å². The van der Waals surface area contributed by atoms with Crippen molar-refractivity contribution in [3.05, 3.63) is 77.7 Å². The maximum Gasteiger partial charge on any atom is 0.255 e. The second-order valence-corrected chi connectivity index (χ2v) is 8.99. The Balaban J connectivity index is 1.45. The number of hydrogen-bond donors (Lipinski definition) is 1. The molecule has 1 aliphatic heterocycles. The minimum atomic E-state index is -1.19. The third-order valence-corrected chi connectivity index (χ3v) is 5.90.